The number of urea groups is 1. The molecule has 0 rings (SSSR count). The van der Waals surface area contributed by atoms with Gasteiger partial charge in [0.15, 0.2) is 0 Å². The van der Waals surface area contributed by atoms with Crippen molar-refractivity contribution in [2.24, 2.45) is 0 Å². The number of rotatable bonds is 8. The van der Waals surface area contributed by atoms with Crippen LogP contribution in [-0.2, 0) is 14.3 Å². The van der Waals surface area contributed by atoms with Gasteiger partial charge in [0.25, 0.3) is 10.1 Å². The second-order valence-electron chi connectivity index (χ2n) is 3.32. The molecule has 0 aliphatic rings. The van der Waals surface area contributed by atoms with Crippen molar-refractivity contribution in [1.29, 1.82) is 0 Å². The Hall–Kier alpha value is -0.820. The number of amides is 2. The summed E-state index contributed by atoms with van der Waals surface area (Å²) in [5.41, 5.74) is 0. The van der Waals surface area contributed by atoms with Crippen LogP contribution in [0.1, 0.15) is 26.2 Å². The molecule has 0 unspecified atom stereocenters. The van der Waals surface area contributed by atoms with E-state index < -0.39 is 10.1 Å². The van der Waals surface area contributed by atoms with Gasteiger partial charge in [-0.25, -0.2) is 4.79 Å². The third-order valence-corrected chi connectivity index (χ3v) is 3.22. The molecule has 7 heteroatoms. The molecule has 0 saturated carbocycles. The summed E-state index contributed by atoms with van der Waals surface area (Å²) >= 11 is 0. The van der Waals surface area contributed by atoms with Gasteiger partial charge < -0.3 is 10.6 Å². The minimum absolute atomic E-state index is 0.0846. The number of carbonyl (C=O) groups is 1. The Labute approximate surface area is 96.9 Å². The van der Waals surface area contributed by atoms with Gasteiger partial charge in [-0.15, -0.1) is 0 Å². The quantitative estimate of drug-likeness (QED) is 0.485. The molecule has 2 amide bonds. The second kappa shape index (κ2) is 8.35. The molecule has 0 aromatic carbocycles. The Bertz CT molecular complexity index is 290. The van der Waals surface area contributed by atoms with Gasteiger partial charge in [0.1, 0.15) is 0 Å². The van der Waals surface area contributed by atoms with Crippen LogP contribution in [0.15, 0.2) is 0 Å². The van der Waals surface area contributed by atoms with Gasteiger partial charge in [0.2, 0.25) is 0 Å². The van der Waals surface area contributed by atoms with E-state index in [1.165, 1.54) is 0 Å². The second-order valence-corrected chi connectivity index (χ2v) is 5.18. The van der Waals surface area contributed by atoms with Crippen LogP contribution in [0.4, 0.5) is 4.79 Å². The molecule has 0 radical (unpaired) electrons. The first kappa shape index (κ1) is 15.2. The van der Waals surface area contributed by atoms with Crippen molar-refractivity contribution in [3.63, 3.8) is 0 Å². The van der Waals surface area contributed by atoms with Crippen LogP contribution < -0.4 is 10.6 Å². The van der Waals surface area contributed by atoms with Crippen molar-refractivity contribution in [2.75, 3.05) is 26.0 Å². The van der Waals surface area contributed by atoms with Crippen LogP contribution in [0.25, 0.3) is 0 Å². The number of hydrogen-bond donors (Lipinski definition) is 2. The molecule has 0 spiro atoms. The fourth-order valence-electron chi connectivity index (χ4n) is 0.975. The first-order chi connectivity index (χ1) is 7.52. The maximum Gasteiger partial charge on any atom is 0.314 e. The maximum atomic E-state index is 11.1. The van der Waals surface area contributed by atoms with Gasteiger partial charge >= 0.3 is 6.03 Å². The molecule has 0 aliphatic heterocycles. The summed E-state index contributed by atoms with van der Waals surface area (Å²) in [5, 5.41) is 5.23. The zero-order chi connectivity index (χ0) is 12.4. The monoisotopic (exact) mass is 252 g/mol. The minimum Gasteiger partial charge on any atom is -0.338 e. The smallest absolute Gasteiger partial charge is 0.314 e. The average Bonchev–Trinajstić information content (AvgIpc) is 2.25. The summed E-state index contributed by atoms with van der Waals surface area (Å²) in [6, 6.07) is -0.261. The van der Waals surface area contributed by atoms with Gasteiger partial charge in [0.05, 0.1) is 12.9 Å². The molecule has 96 valence electrons. The standard InChI is InChI=1S/C9H20N2O4S/c1-3-4-6-10-9(12)11-7-5-8-16(13,14)15-2/h3-8H2,1-2H3,(H2,10,11,12). The molecule has 16 heavy (non-hydrogen) atoms. The molecule has 0 bridgehead atoms. The van der Waals surface area contributed by atoms with Crippen molar-refractivity contribution in [3.8, 4) is 0 Å². The third-order valence-electron chi connectivity index (χ3n) is 1.93. The highest BCUT2D eigenvalue weighted by Gasteiger charge is 2.07. The molecule has 0 fully saturated rings. The first-order valence-corrected chi connectivity index (χ1v) is 6.89. The van der Waals surface area contributed by atoms with Crippen molar-refractivity contribution in [2.45, 2.75) is 26.2 Å². The van der Waals surface area contributed by atoms with Crippen LogP contribution in [0, 0.1) is 0 Å². The maximum absolute atomic E-state index is 11.1. The molecule has 0 aromatic heterocycles. The van der Waals surface area contributed by atoms with Gasteiger partial charge in [-0.05, 0) is 12.8 Å². The minimum atomic E-state index is -3.41. The lowest BCUT2D eigenvalue weighted by molar-refractivity contribution is 0.240. The molecular weight excluding hydrogens is 232 g/mol. The van der Waals surface area contributed by atoms with E-state index in [0.29, 0.717) is 19.5 Å². The molecule has 0 aromatic rings. The number of unbranched alkanes of at least 4 members (excludes halogenated alkanes) is 1. The van der Waals surface area contributed by atoms with Gasteiger partial charge in [0, 0.05) is 13.1 Å². The molecule has 0 atom stereocenters. The van der Waals surface area contributed by atoms with Crippen LogP contribution in [0.2, 0.25) is 0 Å². The van der Waals surface area contributed by atoms with Crippen LogP contribution >= 0.6 is 0 Å². The lowest BCUT2D eigenvalue weighted by Gasteiger charge is -2.06. The van der Waals surface area contributed by atoms with Crippen LogP contribution in [0.3, 0.4) is 0 Å². The average molecular weight is 252 g/mol. The number of hydrogen-bond acceptors (Lipinski definition) is 4. The fraction of sp³-hybridized carbons (Fsp3) is 0.889. The largest absolute Gasteiger partial charge is 0.338 e. The molecule has 0 saturated heterocycles. The SMILES string of the molecule is CCCCNC(=O)NCCCS(=O)(=O)OC. The summed E-state index contributed by atoms with van der Waals surface area (Å²) in [4.78, 5) is 11.1. The Kier molecular flexibility index (Phi) is 7.92. The third kappa shape index (κ3) is 8.49. The summed E-state index contributed by atoms with van der Waals surface area (Å²) < 4.78 is 26.1. The molecule has 0 heterocycles. The Morgan fingerprint density at radius 1 is 1.19 bits per heavy atom. The van der Waals surface area contributed by atoms with Crippen molar-refractivity contribution >= 4 is 16.1 Å². The molecular formula is C9H20N2O4S. The summed E-state index contributed by atoms with van der Waals surface area (Å²) in [5.74, 6) is -0.0846. The van der Waals surface area contributed by atoms with E-state index in [1.807, 2.05) is 6.92 Å². The Morgan fingerprint density at radius 3 is 2.25 bits per heavy atom. The predicted octanol–water partition coefficient (Wildman–Crippen LogP) is 0.452. The summed E-state index contributed by atoms with van der Waals surface area (Å²) in [6.45, 7) is 2.99. The topological polar surface area (TPSA) is 84.5 Å². The van der Waals surface area contributed by atoms with Gasteiger partial charge in [-0.2, -0.15) is 8.42 Å². The highest BCUT2D eigenvalue weighted by molar-refractivity contribution is 7.86. The van der Waals surface area contributed by atoms with Crippen molar-refractivity contribution in [1.82, 2.24) is 10.6 Å². The van der Waals surface area contributed by atoms with Gasteiger partial charge in [-0.1, -0.05) is 13.3 Å². The lowest BCUT2D eigenvalue weighted by Crippen LogP contribution is -2.36. The van der Waals surface area contributed by atoms with Crippen LogP contribution in [0.5, 0.6) is 0 Å². The van der Waals surface area contributed by atoms with E-state index in [1.54, 1.807) is 0 Å². The zero-order valence-corrected chi connectivity index (χ0v) is 10.6. The highest BCUT2D eigenvalue weighted by atomic mass is 32.2. The van der Waals surface area contributed by atoms with E-state index in [-0.39, 0.29) is 11.8 Å². The Morgan fingerprint density at radius 2 is 1.75 bits per heavy atom. The summed E-state index contributed by atoms with van der Waals surface area (Å²) in [7, 11) is -2.28. The van der Waals surface area contributed by atoms with E-state index in [9.17, 15) is 13.2 Å². The predicted molar refractivity (Wildman–Crippen MR) is 61.7 cm³/mol. The molecule has 6 nitrogen and oxygen atoms in total. The number of carbonyl (C=O) groups excluding carboxylic acids is 1. The molecule has 2 N–H and O–H groups in total. The van der Waals surface area contributed by atoms with Crippen molar-refractivity contribution in [3.05, 3.63) is 0 Å². The Balaban J connectivity index is 3.48. The van der Waals surface area contributed by atoms with E-state index in [4.69, 9.17) is 0 Å². The first-order valence-electron chi connectivity index (χ1n) is 5.32. The lowest BCUT2D eigenvalue weighted by atomic mass is 10.3. The fourth-order valence-corrected chi connectivity index (χ4v) is 1.64. The zero-order valence-electron chi connectivity index (χ0n) is 9.78. The van der Waals surface area contributed by atoms with Crippen molar-refractivity contribution < 1.29 is 17.4 Å². The van der Waals surface area contributed by atoms with Crippen LogP contribution in [-0.4, -0.2) is 40.4 Å². The van der Waals surface area contributed by atoms with E-state index in [0.717, 1.165) is 20.0 Å². The summed E-state index contributed by atoms with van der Waals surface area (Å²) in [6.07, 6.45) is 2.30. The number of nitrogens with one attached hydrogen (secondary N) is 2. The highest BCUT2D eigenvalue weighted by Crippen LogP contribution is 1.92. The van der Waals surface area contributed by atoms with Gasteiger partial charge in [-0.3, -0.25) is 4.18 Å². The normalized spacial score (nSPS) is 11.1. The van der Waals surface area contributed by atoms with E-state index in [2.05, 4.69) is 14.8 Å². The molecule has 0 aliphatic carbocycles. The van der Waals surface area contributed by atoms with E-state index >= 15 is 0 Å².